The highest BCUT2D eigenvalue weighted by molar-refractivity contribution is 9.10. The molecule has 0 atom stereocenters. The zero-order valence-electron chi connectivity index (χ0n) is 14.1. The van der Waals surface area contributed by atoms with Crippen molar-refractivity contribution in [3.63, 3.8) is 0 Å². The fourth-order valence-corrected chi connectivity index (χ4v) is 3.99. The zero-order chi connectivity index (χ0) is 18.4. The van der Waals surface area contributed by atoms with Crippen LogP contribution in [-0.4, -0.2) is 27.4 Å². The van der Waals surface area contributed by atoms with Gasteiger partial charge in [0.15, 0.2) is 0 Å². The second-order valence-electron chi connectivity index (χ2n) is 6.00. The number of benzene rings is 2. The van der Waals surface area contributed by atoms with Gasteiger partial charge in [-0.2, -0.15) is 0 Å². The lowest BCUT2D eigenvalue weighted by Gasteiger charge is -2.24. The van der Waals surface area contributed by atoms with Gasteiger partial charge in [-0.15, -0.1) is 0 Å². The summed E-state index contributed by atoms with van der Waals surface area (Å²) < 4.78 is 28.0. The molecule has 134 valence electrons. The molecule has 0 bridgehead atoms. The van der Waals surface area contributed by atoms with E-state index in [9.17, 15) is 13.2 Å². The van der Waals surface area contributed by atoms with Gasteiger partial charge in [-0.25, -0.2) is 8.42 Å². The minimum absolute atomic E-state index is 0.145. The van der Waals surface area contributed by atoms with Crippen LogP contribution in [0.1, 0.15) is 13.8 Å². The van der Waals surface area contributed by atoms with Crippen LogP contribution in [0.15, 0.2) is 64.0 Å². The zero-order valence-corrected chi connectivity index (χ0v) is 16.5. The molecular formula is C18H21BrN2O3S. The Morgan fingerprint density at radius 1 is 1.12 bits per heavy atom. The number of hydrogen-bond donors (Lipinski definition) is 1. The molecule has 0 aromatic heterocycles. The molecule has 0 heterocycles. The van der Waals surface area contributed by atoms with Gasteiger partial charge in [0.05, 0.1) is 10.6 Å². The molecule has 0 saturated heterocycles. The molecule has 0 aliphatic heterocycles. The summed E-state index contributed by atoms with van der Waals surface area (Å²) in [4.78, 5) is 12.4. The van der Waals surface area contributed by atoms with Gasteiger partial charge < -0.3 is 5.32 Å². The monoisotopic (exact) mass is 424 g/mol. The Morgan fingerprint density at radius 2 is 1.80 bits per heavy atom. The smallest absolute Gasteiger partial charge is 0.264 e. The van der Waals surface area contributed by atoms with E-state index in [4.69, 9.17) is 0 Å². The Balaban J connectivity index is 2.37. The van der Waals surface area contributed by atoms with Crippen molar-refractivity contribution in [2.45, 2.75) is 18.7 Å². The summed E-state index contributed by atoms with van der Waals surface area (Å²) in [5.41, 5.74) is 0.429. The molecule has 0 unspecified atom stereocenters. The van der Waals surface area contributed by atoms with Crippen molar-refractivity contribution in [1.82, 2.24) is 5.32 Å². The highest BCUT2D eigenvalue weighted by Crippen LogP contribution is 2.26. The first kappa shape index (κ1) is 19.5. The maximum atomic E-state index is 13.0. The van der Waals surface area contributed by atoms with Crippen LogP contribution < -0.4 is 9.62 Å². The number of nitrogens with zero attached hydrogens (tertiary/aromatic N) is 1. The van der Waals surface area contributed by atoms with Gasteiger partial charge in [0.1, 0.15) is 6.54 Å². The van der Waals surface area contributed by atoms with E-state index in [-0.39, 0.29) is 23.3 Å². The molecular weight excluding hydrogens is 404 g/mol. The van der Waals surface area contributed by atoms with Crippen molar-refractivity contribution in [2.75, 3.05) is 17.4 Å². The minimum atomic E-state index is -3.85. The molecule has 7 heteroatoms. The number of anilines is 1. The number of rotatable bonds is 7. The number of hydrogen-bond acceptors (Lipinski definition) is 3. The molecule has 0 spiro atoms. The maximum Gasteiger partial charge on any atom is 0.264 e. The van der Waals surface area contributed by atoms with Crippen molar-refractivity contribution in [1.29, 1.82) is 0 Å². The fourth-order valence-electron chi connectivity index (χ4n) is 2.17. The van der Waals surface area contributed by atoms with Crippen LogP contribution in [0.3, 0.4) is 0 Å². The van der Waals surface area contributed by atoms with Crippen LogP contribution in [0.5, 0.6) is 0 Å². The van der Waals surface area contributed by atoms with Crippen molar-refractivity contribution in [2.24, 2.45) is 5.92 Å². The van der Waals surface area contributed by atoms with E-state index in [0.717, 1.165) is 8.78 Å². The summed E-state index contributed by atoms with van der Waals surface area (Å²) >= 11 is 3.35. The molecule has 0 aliphatic carbocycles. The molecule has 2 aromatic carbocycles. The standard InChI is InChI=1S/C18H21BrN2O3S/c1-14(2)12-20-18(22)13-21(16-8-6-7-15(19)11-16)25(23,24)17-9-4-3-5-10-17/h3-11,14H,12-13H2,1-2H3,(H,20,22). The molecule has 25 heavy (non-hydrogen) atoms. The Morgan fingerprint density at radius 3 is 2.40 bits per heavy atom. The van der Waals surface area contributed by atoms with Gasteiger partial charge in [0, 0.05) is 11.0 Å². The van der Waals surface area contributed by atoms with Crippen LogP contribution in [0, 0.1) is 5.92 Å². The Labute approximate surface area is 157 Å². The quantitative estimate of drug-likeness (QED) is 0.740. The van der Waals surface area contributed by atoms with Gasteiger partial charge in [-0.1, -0.05) is 54.0 Å². The SMILES string of the molecule is CC(C)CNC(=O)CN(c1cccc(Br)c1)S(=O)(=O)c1ccccc1. The normalized spacial score (nSPS) is 11.4. The van der Waals surface area contributed by atoms with Crippen LogP contribution >= 0.6 is 15.9 Å². The van der Waals surface area contributed by atoms with Crippen molar-refractivity contribution in [3.8, 4) is 0 Å². The van der Waals surface area contributed by atoms with E-state index < -0.39 is 10.0 Å². The predicted octanol–water partition coefficient (Wildman–Crippen LogP) is 3.42. The first-order chi connectivity index (χ1) is 11.8. The highest BCUT2D eigenvalue weighted by atomic mass is 79.9. The minimum Gasteiger partial charge on any atom is -0.354 e. The topological polar surface area (TPSA) is 66.5 Å². The van der Waals surface area contributed by atoms with E-state index in [0.29, 0.717) is 12.2 Å². The average Bonchev–Trinajstić information content (AvgIpc) is 2.58. The van der Waals surface area contributed by atoms with Crippen LogP contribution in [0.4, 0.5) is 5.69 Å². The average molecular weight is 425 g/mol. The van der Waals surface area contributed by atoms with Gasteiger partial charge in [-0.05, 0) is 36.2 Å². The molecule has 2 aromatic rings. The second-order valence-corrected chi connectivity index (χ2v) is 8.78. The summed E-state index contributed by atoms with van der Waals surface area (Å²) in [5.74, 6) is -0.0535. The van der Waals surface area contributed by atoms with Crippen molar-refractivity contribution < 1.29 is 13.2 Å². The molecule has 1 N–H and O–H groups in total. The van der Waals surface area contributed by atoms with E-state index in [2.05, 4.69) is 21.2 Å². The molecule has 1 amide bonds. The summed E-state index contributed by atoms with van der Waals surface area (Å²) in [6, 6.07) is 15.0. The van der Waals surface area contributed by atoms with Gasteiger partial charge in [-0.3, -0.25) is 9.10 Å². The second kappa shape index (κ2) is 8.49. The third-order valence-corrected chi connectivity index (χ3v) is 5.70. The van der Waals surface area contributed by atoms with Gasteiger partial charge >= 0.3 is 0 Å². The number of carbonyl (C=O) groups is 1. The number of halogens is 1. The molecule has 0 fully saturated rings. The Hall–Kier alpha value is -1.86. The molecule has 0 radical (unpaired) electrons. The molecule has 0 aliphatic rings. The fraction of sp³-hybridized carbons (Fsp3) is 0.278. The summed E-state index contributed by atoms with van der Waals surface area (Å²) in [5, 5.41) is 2.76. The molecule has 0 saturated carbocycles. The number of amides is 1. The third-order valence-electron chi connectivity index (χ3n) is 3.42. The van der Waals surface area contributed by atoms with E-state index in [1.807, 2.05) is 13.8 Å². The van der Waals surface area contributed by atoms with Crippen molar-refractivity contribution in [3.05, 3.63) is 59.1 Å². The van der Waals surface area contributed by atoms with E-state index >= 15 is 0 Å². The summed E-state index contributed by atoms with van der Waals surface area (Å²) in [7, 11) is -3.85. The maximum absolute atomic E-state index is 13.0. The largest absolute Gasteiger partial charge is 0.354 e. The molecule has 5 nitrogen and oxygen atoms in total. The lowest BCUT2D eigenvalue weighted by atomic mass is 10.2. The number of sulfonamides is 1. The summed E-state index contributed by atoms with van der Waals surface area (Å²) in [6.07, 6.45) is 0. The lowest BCUT2D eigenvalue weighted by molar-refractivity contribution is -0.119. The number of nitrogens with one attached hydrogen (secondary N) is 1. The Bertz CT molecular complexity index is 823. The Kier molecular flexibility index (Phi) is 6.61. The van der Waals surface area contributed by atoms with Gasteiger partial charge in [0.2, 0.25) is 5.91 Å². The van der Waals surface area contributed by atoms with Crippen LogP contribution in [-0.2, 0) is 14.8 Å². The molecule has 2 rings (SSSR count). The first-order valence-electron chi connectivity index (χ1n) is 7.91. The van der Waals surface area contributed by atoms with Crippen molar-refractivity contribution >= 4 is 37.5 Å². The first-order valence-corrected chi connectivity index (χ1v) is 10.1. The highest BCUT2D eigenvalue weighted by Gasteiger charge is 2.27. The van der Waals surface area contributed by atoms with Crippen LogP contribution in [0.25, 0.3) is 0 Å². The van der Waals surface area contributed by atoms with Gasteiger partial charge in [0.25, 0.3) is 10.0 Å². The third kappa shape index (κ3) is 5.31. The number of carbonyl (C=O) groups excluding carboxylic acids is 1. The predicted molar refractivity (Wildman–Crippen MR) is 103 cm³/mol. The van der Waals surface area contributed by atoms with Crippen LogP contribution in [0.2, 0.25) is 0 Å². The lowest BCUT2D eigenvalue weighted by Crippen LogP contribution is -2.41. The van der Waals surface area contributed by atoms with E-state index in [1.165, 1.54) is 12.1 Å². The van der Waals surface area contributed by atoms with E-state index in [1.54, 1.807) is 42.5 Å². The summed E-state index contributed by atoms with van der Waals surface area (Å²) in [6.45, 7) is 4.18.